The van der Waals surface area contributed by atoms with Crippen LogP contribution in [0.2, 0.25) is 0 Å². The summed E-state index contributed by atoms with van der Waals surface area (Å²) in [7, 11) is 5.83. The highest BCUT2D eigenvalue weighted by Crippen LogP contribution is 2.22. The van der Waals surface area contributed by atoms with Gasteiger partial charge in [0, 0.05) is 26.3 Å². The van der Waals surface area contributed by atoms with Crippen LogP contribution in [-0.2, 0) is 4.74 Å². The fourth-order valence-electron chi connectivity index (χ4n) is 2.46. The predicted octanol–water partition coefficient (Wildman–Crippen LogP) is 2.28. The number of nitrogens with one attached hydrogen (secondary N) is 2. The van der Waals surface area contributed by atoms with Crippen molar-refractivity contribution in [1.29, 1.82) is 0 Å². The number of aliphatic imine (C=N–C) groups is 1. The molecule has 6 nitrogen and oxygen atoms in total. The number of methoxy groups -OCH3 is 1. The lowest BCUT2D eigenvalue weighted by Gasteiger charge is -2.24. The largest absolute Gasteiger partial charge is 0.497 e. The van der Waals surface area contributed by atoms with Crippen LogP contribution in [0.1, 0.15) is 31.9 Å². The summed E-state index contributed by atoms with van der Waals surface area (Å²) in [6, 6.07) is 8.36. The molecule has 0 spiro atoms. The Kier molecular flexibility index (Phi) is 10.7. The zero-order chi connectivity index (χ0) is 18.5. The van der Waals surface area contributed by atoms with Crippen LogP contribution in [0.4, 0.5) is 0 Å². The molecule has 0 bridgehead atoms. The van der Waals surface area contributed by atoms with Crippen molar-refractivity contribution in [1.82, 2.24) is 15.5 Å². The second-order valence-corrected chi connectivity index (χ2v) is 5.95. The maximum absolute atomic E-state index is 5.37. The molecule has 2 N–H and O–H groups in total. The minimum absolute atomic E-state index is 0.189. The Morgan fingerprint density at radius 1 is 1.24 bits per heavy atom. The van der Waals surface area contributed by atoms with Gasteiger partial charge in [-0.15, -0.1) is 0 Å². The molecule has 0 radical (unpaired) electrons. The Labute approximate surface area is 152 Å². The third-order valence-corrected chi connectivity index (χ3v) is 3.83. The van der Waals surface area contributed by atoms with E-state index in [2.05, 4.69) is 48.7 Å². The molecule has 1 aromatic rings. The van der Waals surface area contributed by atoms with Crippen LogP contribution < -0.4 is 15.4 Å². The van der Waals surface area contributed by atoms with Crippen molar-refractivity contribution < 1.29 is 9.47 Å². The summed E-state index contributed by atoms with van der Waals surface area (Å²) in [6.07, 6.45) is 0.964. The first-order valence-corrected chi connectivity index (χ1v) is 9.02. The molecule has 142 valence electrons. The third-order valence-electron chi connectivity index (χ3n) is 3.83. The maximum Gasteiger partial charge on any atom is 0.191 e. The van der Waals surface area contributed by atoms with Gasteiger partial charge in [0.05, 0.1) is 19.7 Å². The van der Waals surface area contributed by atoms with E-state index in [1.165, 1.54) is 5.56 Å². The van der Waals surface area contributed by atoms with Crippen LogP contribution in [0.5, 0.6) is 5.75 Å². The number of nitrogens with zero attached hydrogens (tertiary/aromatic N) is 2. The van der Waals surface area contributed by atoms with Crippen molar-refractivity contribution in [3.63, 3.8) is 0 Å². The van der Waals surface area contributed by atoms with Crippen molar-refractivity contribution in [2.75, 3.05) is 54.1 Å². The SMILES string of the molecule is CCNC(=NCC(c1cccc(OC)c1)N(C)C)NCCCOCC. The van der Waals surface area contributed by atoms with E-state index in [1.54, 1.807) is 7.11 Å². The molecule has 1 atom stereocenters. The molecule has 0 fully saturated rings. The molecule has 0 saturated carbocycles. The molecule has 0 aromatic heterocycles. The van der Waals surface area contributed by atoms with Gasteiger partial charge in [0.15, 0.2) is 5.96 Å². The van der Waals surface area contributed by atoms with Gasteiger partial charge in [0.25, 0.3) is 0 Å². The standard InChI is InChI=1S/C19H34N4O2/c1-6-20-19(21-12-9-13-25-7-2)22-15-18(23(3)4)16-10-8-11-17(14-16)24-5/h8,10-11,14,18H,6-7,9,12-13,15H2,1-5H3,(H2,20,21,22). The lowest BCUT2D eigenvalue weighted by molar-refractivity contribution is 0.145. The van der Waals surface area contributed by atoms with Crippen LogP contribution in [0.25, 0.3) is 0 Å². The van der Waals surface area contributed by atoms with Gasteiger partial charge < -0.3 is 25.0 Å². The molecule has 0 aliphatic carbocycles. The van der Waals surface area contributed by atoms with Gasteiger partial charge in [-0.2, -0.15) is 0 Å². The van der Waals surface area contributed by atoms with Crippen LogP contribution in [0.3, 0.4) is 0 Å². The summed E-state index contributed by atoms with van der Waals surface area (Å²) < 4.78 is 10.7. The topological polar surface area (TPSA) is 58.1 Å². The first-order valence-electron chi connectivity index (χ1n) is 9.02. The summed E-state index contributed by atoms with van der Waals surface area (Å²) in [4.78, 5) is 6.93. The molecule has 0 aliphatic heterocycles. The van der Waals surface area contributed by atoms with Gasteiger partial charge in [0.2, 0.25) is 0 Å². The molecule has 0 heterocycles. The first kappa shape index (κ1) is 21.3. The zero-order valence-electron chi connectivity index (χ0n) is 16.3. The quantitative estimate of drug-likeness (QED) is 0.364. The van der Waals surface area contributed by atoms with Crippen LogP contribution in [-0.4, -0.2) is 64.9 Å². The van der Waals surface area contributed by atoms with E-state index in [9.17, 15) is 0 Å². The average molecular weight is 351 g/mol. The second-order valence-electron chi connectivity index (χ2n) is 5.95. The Hall–Kier alpha value is -1.79. The molecule has 1 unspecified atom stereocenters. The fraction of sp³-hybridized carbons (Fsp3) is 0.632. The number of benzene rings is 1. The second kappa shape index (κ2) is 12.6. The predicted molar refractivity (Wildman–Crippen MR) is 105 cm³/mol. The minimum Gasteiger partial charge on any atom is -0.497 e. The van der Waals surface area contributed by atoms with Crippen LogP contribution in [0, 0.1) is 0 Å². The van der Waals surface area contributed by atoms with E-state index >= 15 is 0 Å². The van der Waals surface area contributed by atoms with Crippen LogP contribution >= 0.6 is 0 Å². The first-order chi connectivity index (χ1) is 12.1. The maximum atomic E-state index is 5.37. The highest BCUT2D eigenvalue weighted by molar-refractivity contribution is 5.79. The molecular weight excluding hydrogens is 316 g/mol. The highest BCUT2D eigenvalue weighted by Gasteiger charge is 2.14. The molecule has 1 rings (SSSR count). The molecule has 0 saturated heterocycles. The van der Waals surface area contributed by atoms with Crippen molar-refractivity contribution in [2.45, 2.75) is 26.3 Å². The van der Waals surface area contributed by atoms with E-state index < -0.39 is 0 Å². The number of hydrogen-bond donors (Lipinski definition) is 2. The summed E-state index contributed by atoms with van der Waals surface area (Å²) in [5, 5.41) is 6.66. The van der Waals surface area contributed by atoms with E-state index in [0.29, 0.717) is 6.54 Å². The van der Waals surface area contributed by atoms with Gasteiger partial charge in [-0.3, -0.25) is 4.99 Å². The van der Waals surface area contributed by atoms with Gasteiger partial charge in [-0.05, 0) is 52.1 Å². The lowest BCUT2D eigenvalue weighted by Crippen LogP contribution is -2.38. The van der Waals surface area contributed by atoms with Gasteiger partial charge in [-0.1, -0.05) is 12.1 Å². The number of likely N-dealkylation sites (N-methyl/N-ethyl adjacent to an activating group) is 1. The Balaban J connectivity index is 2.70. The van der Waals surface area contributed by atoms with Crippen molar-refractivity contribution in [3.05, 3.63) is 29.8 Å². The van der Waals surface area contributed by atoms with E-state index in [4.69, 9.17) is 14.5 Å². The third kappa shape index (κ3) is 8.23. The van der Waals surface area contributed by atoms with Crippen molar-refractivity contribution in [2.24, 2.45) is 4.99 Å². The smallest absolute Gasteiger partial charge is 0.191 e. The van der Waals surface area contributed by atoms with Gasteiger partial charge in [-0.25, -0.2) is 0 Å². The number of rotatable bonds is 11. The van der Waals surface area contributed by atoms with E-state index in [1.807, 2.05) is 19.1 Å². The number of guanidine groups is 1. The Morgan fingerprint density at radius 3 is 2.68 bits per heavy atom. The monoisotopic (exact) mass is 350 g/mol. The van der Waals surface area contributed by atoms with E-state index in [0.717, 1.165) is 44.4 Å². The molecule has 1 aromatic carbocycles. The summed E-state index contributed by atoms with van der Waals surface area (Å²) in [5.41, 5.74) is 1.19. The van der Waals surface area contributed by atoms with Crippen LogP contribution in [0.15, 0.2) is 29.3 Å². The highest BCUT2D eigenvalue weighted by atomic mass is 16.5. The normalized spacial score (nSPS) is 13.0. The molecular formula is C19H34N4O2. The molecule has 6 heteroatoms. The average Bonchev–Trinajstić information content (AvgIpc) is 2.61. The van der Waals surface area contributed by atoms with Gasteiger partial charge >= 0.3 is 0 Å². The number of ether oxygens (including phenoxy) is 2. The van der Waals surface area contributed by atoms with E-state index in [-0.39, 0.29) is 6.04 Å². The Morgan fingerprint density at radius 2 is 2.04 bits per heavy atom. The molecule has 0 amide bonds. The summed E-state index contributed by atoms with van der Waals surface area (Å²) >= 11 is 0. The van der Waals surface area contributed by atoms with Gasteiger partial charge in [0.1, 0.15) is 5.75 Å². The molecule has 25 heavy (non-hydrogen) atoms. The zero-order valence-corrected chi connectivity index (χ0v) is 16.3. The van der Waals surface area contributed by atoms with Crippen molar-refractivity contribution in [3.8, 4) is 5.75 Å². The fourth-order valence-corrected chi connectivity index (χ4v) is 2.46. The Bertz CT molecular complexity index is 506. The minimum atomic E-state index is 0.189. The summed E-state index contributed by atoms with van der Waals surface area (Å²) in [6.45, 7) is 7.97. The molecule has 0 aliphatic rings. The lowest BCUT2D eigenvalue weighted by atomic mass is 10.1. The summed E-state index contributed by atoms with van der Waals surface area (Å²) in [5.74, 6) is 1.71. The number of hydrogen-bond acceptors (Lipinski definition) is 4. The van der Waals surface area contributed by atoms with Crippen molar-refractivity contribution >= 4 is 5.96 Å².